The van der Waals surface area contributed by atoms with Gasteiger partial charge in [0.05, 0.1) is 12.4 Å². The van der Waals surface area contributed by atoms with Crippen molar-refractivity contribution >= 4 is 68.0 Å². The van der Waals surface area contributed by atoms with Gasteiger partial charge in [-0.1, -0.05) is 0 Å². The first kappa shape index (κ1) is 39.6. The fourth-order valence-electron chi connectivity index (χ4n) is 8.16. The maximum Gasteiger partial charge on any atom is 0.229 e. The largest absolute Gasteiger partial charge is 0.398 e. The number of hydrogen-bond donors (Lipinski definition) is 6. The number of fused-ring (bicyclic) bond motifs is 2. The van der Waals surface area contributed by atoms with Gasteiger partial charge in [0.25, 0.3) is 0 Å². The smallest absolute Gasteiger partial charge is 0.229 e. The van der Waals surface area contributed by atoms with Crippen molar-refractivity contribution in [2.45, 2.75) is 38.5 Å². The van der Waals surface area contributed by atoms with E-state index < -0.39 is 0 Å². The number of carbonyl (C=O) groups excluding carboxylic acids is 2. The molecule has 2 amide bonds. The minimum Gasteiger partial charge on any atom is -0.398 e. The highest BCUT2D eigenvalue weighted by Crippen LogP contribution is 2.49. The van der Waals surface area contributed by atoms with Crippen LogP contribution in [0.4, 0.5) is 34.6 Å². The minimum atomic E-state index is -0.0551. The van der Waals surface area contributed by atoms with Crippen molar-refractivity contribution in [1.29, 1.82) is 0 Å². The third-order valence-electron chi connectivity index (χ3n) is 11.9. The van der Waals surface area contributed by atoms with E-state index in [1.807, 2.05) is 101 Å². The van der Waals surface area contributed by atoms with Crippen LogP contribution in [-0.2, 0) is 23.7 Å². The molecule has 10 rings (SSSR count). The summed E-state index contributed by atoms with van der Waals surface area (Å²) < 4.78 is 3.52. The van der Waals surface area contributed by atoms with Gasteiger partial charge in [0, 0.05) is 85.3 Å². The lowest BCUT2D eigenvalue weighted by molar-refractivity contribution is -0.118. The van der Waals surface area contributed by atoms with Crippen molar-refractivity contribution in [2.24, 2.45) is 25.9 Å². The van der Waals surface area contributed by atoms with Crippen molar-refractivity contribution in [2.75, 3.05) is 33.6 Å². The number of nitrogen functional groups attached to an aromatic ring is 4. The number of nitrogens with two attached hydrogens (primary N) is 4. The zero-order chi connectivity index (χ0) is 43.4. The quantitative estimate of drug-likeness (QED) is 0.0900. The Hall–Kier alpha value is -7.88. The second kappa shape index (κ2) is 15.6. The monoisotopic (exact) mass is 826 g/mol. The summed E-state index contributed by atoms with van der Waals surface area (Å²) in [6.07, 6.45) is 16.0. The number of amides is 2. The number of anilines is 6. The van der Waals surface area contributed by atoms with Gasteiger partial charge in [-0.25, -0.2) is 19.9 Å². The van der Waals surface area contributed by atoms with Crippen LogP contribution >= 0.6 is 0 Å². The number of hydrogen-bond acceptors (Lipinski definition) is 12. The third kappa shape index (κ3) is 7.80. The number of nitrogens with zero attached hydrogens (tertiary/aromatic N) is 8. The molecule has 16 nitrogen and oxygen atoms in total. The lowest BCUT2D eigenvalue weighted by Crippen LogP contribution is -2.15. The lowest BCUT2D eigenvalue weighted by atomic mass is 9.98. The van der Waals surface area contributed by atoms with Crippen LogP contribution in [0.1, 0.15) is 46.9 Å². The summed E-state index contributed by atoms with van der Waals surface area (Å²) in [5, 5.41) is 17.8. The Morgan fingerprint density at radius 2 is 1.02 bits per heavy atom. The number of nitrogens with one attached hydrogen (secondary N) is 2. The van der Waals surface area contributed by atoms with Crippen LogP contribution in [0, 0.1) is 25.7 Å². The minimum absolute atomic E-state index is 0.0254. The third-order valence-corrected chi connectivity index (χ3v) is 11.9. The molecule has 2 aliphatic rings. The molecule has 10 N–H and O–H groups in total. The van der Waals surface area contributed by atoms with Crippen molar-refractivity contribution in [1.82, 2.24) is 39.5 Å². The standard InChI is InChI=1S/2C23H23N7O/c2*1-12-16(3-4-26-22(12)25)13-5-14-7-21(27-10-19(14)20(24)6-13)29-23(31)18-8-17(18)15-9-28-30(2)11-15/h2*3-7,9-11,17-18H,8,24H2,1-2H3,(H2,25,26)(H,27,29,31)/t2*17-,18+/m10/s1. The van der Waals surface area contributed by atoms with Crippen LogP contribution in [0.2, 0.25) is 0 Å². The maximum absolute atomic E-state index is 12.7. The molecule has 2 fully saturated rings. The highest BCUT2D eigenvalue weighted by molar-refractivity contribution is 6.02. The van der Waals surface area contributed by atoms with E-state index in [1.165, 1.54) is 0 Å². The van der Waals surface area contributed by atoms with E-state index in [1.54, 1.807) is 34.2 Å². The molecule has 0 saturated heterocycles. The first-order chi connectivity index (χ1) is 29.8. The molecule has 2 aliphatic carbocycles. The van der Waals surface area contributed by atoms with Gasteiger partial charge in [0.2, 0.25) is 11.8 Å². The molecule has 0 aliphatic heterocycles. The molecule has 62 heavy (non-hydrogen) atoms. The fraction of sp³-hybridized carbons (Fsp3) is 0.217. The SMILES string of the molecule is Cc1c(-c2cc(N)c3cnc(NC(=O)[C@@H]4C[C@H]4c4cnn(C)c4)cc3c2)ccnc1N.Cc1c(-c2cc(N)c3cnc(NC(=O)[C@H]4C[C@@H]4c4cnn(C)c4)cc3c2)ccnc1N. The molecule has 0 spiro atoms. The lowest BCUT2D eigenvalue weighted by Gasteiger charge is -2.12. The summed E-state index contributed by atoms with van der Waals surface area (Å²) in [4.78, 5) is 42.5. The molecule has 6 heterocycles. The van der Waals surface area contributed by atoms with Crippen molar-refractivity contribution in [3.8, 4) is 22.3 Å². The predicted octanol–water partition coefficient (Wildman–Crippen LogP) is 6.49. The van der Waals surface area contributed by atoms with Crippen LogP contribution in [-0.4, -0.2) is 51.3 Å². The van der Waals surface area contributed by atoms with E-state index in [9.17, 15) is 9.59 Å². The molecule has 0 radical (unpaired) electrons. The molecule has 2 saturated carbocycles. The van der Waals surface area contributed by atoms with Crippen molar-refractivity contribution < 1.29 is 9.59 Å². The predicted molar refractivity (Wildman–Crippen MR) is 242 cm³/mol. The van der Waals surface area contributed by atoms with E-state index >= 15 is 0 Å². The summed E-state index contributed by atoms with van der Waals surface area (Å²) >= 11 is 0. The van der Waals surface area contributed by atoms with Crippen molar-refractivity contribution in [3.05, 3.63) is 120 Å². The van der Waals surface area contributed by atoms with Gasteiger partial charge < -0.3 is 33.6 Å². The highest BCUT2D eigenvalue weighted by Gasteiger charge is 2.45. The van der Waals surface area contributed by atoms with E-state index in [0.29, 0.717) is 34.6 Å². The molecule has 0 bridgehead atoms. The van der Waals surface area contributed by atoms with Gasteiger partial charge in [0.15, 0.2) is 0 Å². The van der Waals surface area contributed by atoms with Crippen molar-refractivity contribution in [3.63, 3.8) is 0 Å². The Balaban J connectivity index is 0.000000158. The summed E-state index contributed by atoms with van der Waals surface area (Å²) in [6, 6.07) is 15.4. The van der Waals surface area contributed by atoms with Gasteiger partial charge in [-0.05, 0) is 142 Å². The summed E-state index contributed by atoms with van der Waals surface area (Å²) in [5.41, 5.74) is 33.6. The molecular weight excluding hydrogens is 781 g/mol. The molecule has 8 aromatic rings. The molecule has 2 aromatic carbocycles. The van der Waals surface area contributed by atoms with Gasteiger partial charge in [-0.3, -0.25) is 19.0 Å². The Labute approximate surface area is 356 Å². The van der Waals surface area contributed by atoms with Gasteiger partial charge in [-0.2, -0.15) is 10.2 Å². The number of rotatable bonds is 8. The Bertz CT molecular complexity index is 2860. The molecular formula is C46H46N14O2. The summed E-state index contributed by atoms with van der Waals surface area (Å²) in [6.45, 7) is 3.87. The number of aromatic nitrogens is 8. The Kier molecular flexibility index (Phi) is 9.97. The van der Waals surface area contributed by atoms with E-state index in [4.69, 9.17) is 22.9 Å². The zero-order valence-corrected chi connectivity index (χ0v) is 34.7. The summed E-state index contributed by atoms with van der Waals surface area (Å²) in [5.74, 6) is 2.28. The molecule has 0 unspecified atom stereocenters. The van der Waals surface area contributed by atoms with Crippen LogP contribution in [0.25, 0.3) is 43.8 Å². The number of pyridine rings is 4. The van der Waals surface area contributed by atoms with E-state index in [2.05, 4.69) is 40.8 Å². The molecule has 16 heteroatoms. The van der Waals surface area contributed by atoms with Crippen LogP contribution in [0.5, 0.6) is 0 Å². The van der Waals surface area contributed by atoms with Crippen LogP contribution in [0.3, 0.4) is 0 Å². The van der Waals surface area contributed by atoms with Gasteiger partial charge in [0.1, 0.15) is 23.3 Å². The second-order valence-corrected chi connectivity index (χ2v) is 16.2. The fourth-order valence-corrected chi connectivity index (χ4v) is 8.16. The number of benzene rings is 2. The highest BCUT2D eigenvalue weighted by atomic mass is 16.2. The van der Waals surface area contributed by atoms with Gasteiger partial charge >= 0.3 is 0 Å². The molecule has 312 valence electrons. The molecule has 6 aromatic heterocycles. The molecule has 4 atom stereocenters. The van der Waals surface area contributed by atoms with Crippen LogP contribution in [0.15, 0.2) is 98.1 Å². The second-order valence-electron chi connectivity index (χ2n) is 16.2. The first-order valence-corrected chi connectivity index (χ1v) is 20.2. The van der Waals surface area contributed by atoms with Crippen LogP contribution < -0.4 is 33.6 Å². The number of aryl methyl sites for hydroxylation is 2. The zero-order valence-electron chi connectivity index (χ0n) is 34.7. The van der Waals surface area contributed by atoms with E-state index in [-0.39, 0.29) is 35.5 Å². The number of carbonyl (C=O) groups is 2. The Morgan fingerprint density at radius 1 is 0.597 bits per heavy atom. The normalized spacial score (nSPS) is 17.6. The maximum atomic E-state index is 12.7. The topological polar surface area (TPSA) is 249 Å². The van der Waals surface area contributed by atoms with Gasteiger partial charge in [-0.15, -0.1) is 0 Å². The van der Waals surface area contributed by atoms with E-state index in [0.717, 1.165) is 78.9 Å². The average Bonchev–Trinajstić information content (AvgIpc) is 4.15. The average molecular weight is 827 g/mol. The first-order valence-electron chi connectivity index (χ1n) is 20.2. The Morgan fingerprint density at radius 3 is 1.40 bits per heavy atom. The summed E-state index contributed by atoms with van der Waals surface area (Å²) in [7, 11) is 3.75.